The van der Waals surface area contributed by atoms with Crippen molar-refractivity contribution in [2.45, 2.75) is 32.7 Å². The number of carbonyl (C=O) groups excluding carboxylic acids is 2. The van der Waals surface area contributed by atoms with Crippen molar-refractivity contribution in [1.29, 1.82) is 0 Å². The number of anilines is 1. The molecule has 0 radical (unpaired) electrons. The Kier molecular flexibility index (Phi) is 7.71. The van der Waals surface area contributed by atoms with Crippen LogP contribution in [0.1, 0.15) is 24.0 Å². The number of carbonyl (C=O) groups is 2. The van der Waals surface area contributed by atoms with Crippen molar-refractivity contribution < 1.29 is 24.9 Å². The summed E-state index contributed by atoms with van der Waals surface area (Å²) in [5.74, 6) is -1.50. The highest BCUT2D eigenvalue weighted by Gasteiger charge is 2.18. The van der Waals surface area contributed by atoms with E-state index in [1.54, 1.807) is 5.32 Å². The molecule has 4 N–H and O–H groups in total. The maximum atomic E-state index is 12.1. The lowest BCUT2D eigenvalue weighted by atomic mass is 10.1. The van der Waals surface area contributed by atoms with Crippen LogP contribution < -0.4 is 20.6 Å². The number of quaternary nitrogens is 2. The molecule has 0 aliphatic heterocycles. The Morgan fingerprint density at radius 2 is 2.00 bits per heavy atom. The fourth-order valence-electron chi connectivity index (χ4n) is 2.33. The number of aryl methyl sites for hydroxylation is 1. The standard InChI is InChI=1S/C17H27N3O3/c1-12-7-5-8-14(13(12)2)19-16(21)11-15(17(22)23)18-9-6-10-20(3)4/h5,7-8,15,18H,6,9-11H2,1-4H3,(H,19,21)(H,22,23)/p+1/t15-/m0/s1. The molecule has 0 saturated heterocycles. The van der Waals surface area contributed by atoms with Gasteiger partial charge >= 0.3 is 0 Å². The Morgan fingerprint density at radius 3 is 2.61 bits per heavy atom. The van der Waals surface area contributed by atoms with Crippen LogP contribution in [0, 0.1) is 13.8 Å². The Morgan fingerprint density at radius 1 is 1.30 bits per heavy atom. The predicted octanol–water partition coefficient (Wildman–Crippen LogP) is -2.15. The lowest BCUT2D eigenvalue weighted by Gasteiger charge is -2.17. The molecule has 0 saturated carbocycles. The molecule has 128 valence electrons. The maximum absolute atomic E-state index is 12.1. The number of nitrogens with one attached hydrogen (secondary N) is 2. The van der Waals surface area contributed by atoms with Gasteiger partial charge in [0.05, 0.1) is 39.6 Å². The third-order valence-corrected chi connectivity index (χ3v) is 3.92. The molecule has 0 heterocycles. The van der Waals surface area contributed by atoms with Crippen LogP contribution in [0.2, 0.25) is 0 Å². The first-order chi connectivity index (χ1) is 10.8. The molecule has 0 bridgehead atoms. The molecular weight excluding hydrogens is 294 g/mol. The first-order valence-electron chi connectivity index (χ1n) is 8.00. The second kappa shape index (κ2) is 9.27. The van der Waals surface area contributed by atoms with Gasteiger partial charge in [-0.25, -0.2) is 0 Å². The van der Waals surface area contributed by atoms with E-state index in [2.05, 4.69) is 5.32 Å². The van der Waals surface area contributed by atoms with Crippen LogP contribution in [0.3, 0.4) is 0 Å². The lowest BCUT2D eigenvalue weighted by molar-refractivity contribution is -0.860. The van der Waals surface area contributed by atoms with Crippen LogP contribution in [0.15, 0.2) is 18.2 Å². The molecule has 1 atom stereocenters. The second-order valence-electron chi connectivity index (χ2n) is 6.26. The Balaban J connectivity index is 2.54. The quantitative estimate of drug-likeness (QED) is 0.453. The van der Waals surface area contributed by atoms with Crippen molar-refractivity contribution in [3.05, 3.63) is 29.3 Å². The van der Waals surface area contributed by atoms with E-state index in [9.17, 15) is 14.7 Å². The van der Waals surface area contributed by atoms with Gasteiger partial charge in [-0.15, -0.1) is 0 Å². The molecule has 1 amide bonds. The normalized spacial score (nSPS) is 12.2. The van der Waals surface area contributed by atoms with Crippen LogP contribution in [0.4, 0.5) is 5.69 Å². The smallest absolute Gasteiger partial charge is 0.230 e. The molecular formula is C17H28N3O3+. The first-order valence-corrected chi connectivity index (χ1v) is 8.00. The number of nitrogens with two attached hydrogens (primary N) is 1. The van der Waals surface area contributed by atoms with Crippen molar-refractivity contribution in [3.8, 4) is 0 Å². The van der Waals surface area contributed by atoms with E-state index < -0.39 is 12.0 Å². The summed E-state index contributed by atoms with van der Waals surface area (Å²) in [6.07, 6.45) is 0.801. The number of aliphatic carboxylic acids is 1. The third kappa shape index (κ3) is 6.80. The minimum absolute atomic E-state index is 0.0927. The zero-order chi connectivity index (χ0) is 17.4. The van der Waals surface area contributed by atoms with Gasteiger partial charge in [0.15, 0.2) is 0 Å². The number of amides is 1. The fraction of sp³-hybridized carbons (Fsp3) is 0.529. The number of hydrogen-bond acceptors (Lipinski definition) is 3. The number of hydrogen-bond donors (Lipinski definition) is 3. The van der Waals surface area contributed by atoms with E-state index >= 15 is 0 Å². The van der Waals surface area contributed by atoms with E-state index in [0.717, 1.165) is 29.8 Å². The summed E-state index contributed by atoms with van der Waals surface area (Å²) in [6, 6.07) is 4.80. The average molecular weight is 322 g/mol. The predicted molar refractivity (Wildman–Crippen MR) is 87.0 cm³/mol. The Bertz CT molecular complexity index is 544. The van der Waals surface area contributed by atoms with Crippen molar-refractivity contribution >= 4 is 17.6 Å². The number of carboxylic acids is 1. The van der Waals surface area contributed by atoms with Crippen LogP contribution in [0.25, 0.3) is 0 Å². The van der Waals surface area contributed by atoms with Gasteiger partial charge in [-0.05, 0) is 31.0 Å². The summed E-state index contributed by atoms with van der Waals surface area (Å²) in [4.78, 5) is 24.6. The van der Waals surface area contributed by atoms with Gasteiger partial charge < -0.3 is 25.4 Å². The highest BCUT2D eigenvalue weighted by molar-refractivity contribution is 5.94. The van der Waals surface area contributed by atoms with E-state index in [1.807, 2.05) is 46.1 Å². The van der Waals surface area contributed by atoms with Gasteiger partial charge in [-0.3, -0.25) is 4.79 Å². The molecule has 0 aliphatic rings. The van der Waals surface area contributed by atoms with Crippen LogP contribution in [0.5, 0.6) is 0 Å². The highest BCUT2D eigenvalue weighted by Crippen LogP contribution is 2.18. The van der Waals surface area contributed by atoms with Crippen LogP contribution in [-0.4, -0.2) is 45.1 Å². The summed E-state index contributed by atoms with van der Waals surface area (Å²) in [7, 11) is 4.10. The SMILES string of the molecule is Cc1cccc(NC(=O)C[C@H]([NH2+]CCC[NH+](C)C)C(=O)[O-])c1C. The maximum Gasteiger partial charge on any atom is 0.230 e. The molecule has 0 unspecified atom stereocenters. The molecule has 1 aromatic carbocycles. The molecule has 0 aromatic heterocycles. The molecule has 0 fully saturated rings. The summed E-state index contributed by atoms with van der Waals surface area (Å²) < 4.78 is 0. The van der Waals surface area contributed by atoms with Gasteiger partial charge in [0.2, 0.25) is 5.91 Å². The van der Waals surface area contributed by atoms with Crippen molar-refractivity contribution in [2.24, 2.45) is 0 Å². The van der Waals surface area contributed by atoms with Gasteiger partial charge in [0.1, 0.15) is 6.04 Å². The summed E-state index contributed by atoms with van der Waals surface area (Å²) in [6.45, 7) is 5.53. The van der Waals surface area contributed by atoms with E-state index in [4.69, 9.17) is 0 Å². The summed E-state index contributed by atoms with van der Waals surface area (Å²) in [5, 5.41) is 15.7. The number of rotatable bonds is 9. The van der Waals surface area contributed by atoms with Crippen molar-refractivity contribution in [2.75, 3.05) is 32.5 Å². The molecule has 1 rings (SSSR count). The van der Waals surface area contributed by atoms with E-state index in [1.165, 1.54) is 4.90 Å². The largest absolute Gasteiger partial charge is 0.544 e. The van der Waals surface area contributed by atoms with Crippen LogP contribution in [-0.2, 0) is 9.59 Å². The van der Waals surface area contributed by atoms with Gasteiger partial charge in [0.25, 0.3) is 0 Å². The molecule has 0 spiro atoms. The van der Waals surface area contributed by atoms with Crippen molar-refractivity contribution in [1.82, 2.24) is 0 Å². The second-order valence-corrected chi connectivity index (χ2v) is 6.26. The molecule has 0 aliphatic carbocycles. The lowest BCUT2D eigenvalue weighted by Crippen LogP contribution is -3.06. The summed E-state index contributed by atoms with van der Waals surface area (Å²) in [5.41, 5.74) is 2.80. The minimum Gasteiger partial charge on any atom is -0.544 e. The highest BCUT2D eigenvalue weighted by atomic mass is 16.4. The molecule has 1 aromatic rings. The van der Waals surface area contributed by atoms with Gasteiger partial charge in [-0.2, -0.15) is 0 Å². The van der Waals surface area contributed by atoms with Crippen molar-refractivity contribution in [3.63, 3.8) is 0 Å². The molecule has 6 nitrogen and oxygen atoms in total. The monoisotopic (exact) mass is 322 g/mol. The fourth-order valence-corrected chi connectivity index (χ4v) is 2.33. The van der Waals surface area contributed by atoms with Gasteiger partial charge in [0, 0.05) is 12.1 Å². The topological polar surface area (TPSA) is 90.3 Å². The first kappa shape index (κ1) is 19.1. The Hall–Kier alpha value is -1.92. The van der Waals surface area contributed by atoms with E-state index in [-0.39, 0.29) is 12.3 Å². The molecule has 23 heavy (non-hydrogen) atoms. The zero-order valence-corrected chi connectivity index (χ0v) is 14.4. The third-order valence-electron chi connectivity index (χ3n) is 3.92. The number of benzene rings is 1. The summed E-state index contributed by atoms with van der Waals surface area (Å²) >= 11 is 0. The average Bonchev–Trinajstić information content (AvgIpc) is 2.46. The zero-order valence-electron chi connectivity index (χ0n) is 14.4. The molecule has 6 heteroatoms. The minimum atomic E-state index is -1.20. The van der Waals surface area contributed by atoms with Gasteiger partial charge in [-0.1, -0.05) is 12.1 Å². The van der Waals surface area contributed by atoms with E-state index in [0.29, 0.717) is 6.54 Å². The number of carboxylic acid groups (broad SMARTS) is 1. The Labute approximate surface area is 137 Å². The van der Waals surface area contributed by atoms with Crippen LogP contribution >= 0.6 is 0 Å².